The highest BCUT2D eigenvalue weighted by Crippen LogP contribution is 2.34. The van der Waals surface area contributed by atoms with Gasteiger partial charge in [-0.3, -0.25) is 14.9 Å². The number of aryl methyl sites for hydroxylation is 1. The van der Waals surface area contributed by atoms with Crippen LogP contribution < -0.4 is 5.32 Å². The largest absolute Gasteiger partial charge is 0.465 e. The van der Waals surface area contributed by atoms with Gasteiger partial charge in [0, 0.05) is 16.0 Å². The van der Waals surface area contributed by atoms with Crippen LogP contribution >= 0.6 is 22.9 Å². The lowest BCUT2D eigenvalue weighted by Gasteiger charge is -2.07. The maximum Gasteiger partial charge on any atom is 0.341 e. The fraction of sp³-hybridized carbons (Fsp3) is 0.200. The van der Waals surface area contributed by atoms with Crippen molar-refractivity contribution < 1.29 is 19.2 Å². The zero-order valence-corrected chi connectivity index (χ0v) is 14.6. The van der Waals surface area contributed by atoms with Gasteiger partial charge in [0.1, 0.15) is 10.6 Å². The second-order valence-corrected chi connectivity index (χ2v) is 6.51. The van der Waals surface area contributed by atoms with Crippen LogP contribution in [0, 0.1) is 24.0 Å². The van der Waals surface area contributed by atoms with Crippen LogP contribution in [0.3, 0.4) is 0 Å². The number of amides is 1. The number of nitro groups is 1. The number of esters is 1. The molecule has 1 amide bonds. The van der Waals surface area contributed by atoms with Crippen LogP contribution in [0.1, 0.15) is 31.2 Å². The lowest BCUT2D eigenvalue weighted by molar-refractivity contribution is -0.385. The number of benzene rings is 1. The Hall–Kier alpha value is -2.45. The lowest BCUT2D eigenvalue weighted by Crippen LogP contribution is -2.15. The number of ether oxygens (including phenoxy) is 1. The zero-order chi connectivity index (χ0) is 18.0. The Labute approximate surface area is 146 Å². The van der Waals surface area contributed by atoms with Crippen LogP contribution in [0.4, 0.5) is 10.7 Å². The molecule has 0 aliphatic heterocycles. The molecule has 0 spiro atoms. The minimum atomic E-state index is -0.704. The van der Waals surface area contributed by atoms with E-state index in [1.54, 1.807) is 13.8 Å². The van der Waals surface area contributed by atoms with E-state index in [2.05, 4.69) is 5.32 Å². The van der Waals surface area contributed by atoms with Crippen molar-refractivity contribution in [3.8, 4) is 0 Å². The summed E-state index contributed by atoms with van der Waals surface area (Å²) in [7, 11) is 1.24. The van der Waals surface area contributed by atoms with E-state index in [4.69, 9.17) is 16.3 Å². The van der Waals surface area contributed by atoms with Crippen molar-refractivity contribution in [2.45, 2.75) is 13.8 Å². The van der Waals surface area contributed by atoms with Crippen LogP contribution in [0.15, 0.2) is 18.2 Å². The maximum atomic E-state index is 12.4. The summed E-state index contributed by atoms with van der Waals surface area (Å²) in [4.78, 5) is 35.6. The molecule has 0 atom stereocenters. The molecule has 1 aromatic carbocycles. The van der Waals surface area contributed by atoms with E-state index in [1.165, 1.54) is 30.6 Å². The molecule has 2 aromatic rings. The Balaban J connectivity index is 2.43. The van der Waals surface area contributed by atoms with Crippen LogP contribution in [-0.2, 0) is 4.74 Å². The minimum absolute atomic E-state index is 0.149. The Bertz CT molecular complexity index is 847. The maximum absolute atomic E-state index is 12.4. The Kier molecular flexibility index (Phi) is 5.20. The molecule has 0 radical (unpaired) electrons. The molecule has 9 heteroatoms. The fourth-order valence-electron chi connectivity index (χ4n) is 2.08. The van der Waals surface area contributed by atoms with Gasteiger partial charge < -0.3 is 10.1 Å². The number of halogens is 1. The number of carbonyl (C=O) groups is 2. The van der Waals surface area contributed by atoms with Crippen molar-refractivity contribution in [1.82, 2.24) is 0 Å². The highest BCUT2D eigenvalue weighted by Gasteiger charge is 2.25. The standard InChI is InChI=1S/C15H13ClN2O5S/c1-7-8(2)24-14(12(7)15(20)23-3)17-13(19)10-5-4-9(16)6-11(10)18(21)22/h4-6H,1-3H3,(H,17,19). The summed E-state index contributed by atoms with van der Waals surface area (Å²) in [6.07, 6.45) is 0. The number of rotatable bonds is 4. The quantitative estimate of drug-likeness (QED) is 0.500. The first-order valence-electron chi connectivity index (χ1n) is 6.69. The number of carbonyl (C=O) groups excluding carboxylic acids is 2. The van der Waals surface area contributed by atoms with Crippen LogP contribution in [0.5, 0.6) is 0 Å². The summed E-state index contributed by atoms with van der Waals surface area (Å²) < 4.78 is 4.73. The molecule has 1 N–H and O–H groups in total. The second kappa shape index (κ2) is 6.98. The van der Waals surface area contributed by atoms with Crippen LogP contribution in [-0.4, -0.2) is 23.9 Å². The van der Waals surface area contributed by atoms with E-state index < -0.39 is 22.5 Å². The molecular weight excluding hydrogens is 356 g/mol. The van der Waals surface area contributed by atoms with E-state index in [0.29, 0.717) is 5.56 Å². The van der Waals surface area contributed by atoms with Crippen molar-refractivity contribution in [3.05, 3.63) is 54.9 Å². The third-order valence-electron chi connectivity index (χ3n) is 3.40. The summed E-state index contributed by atoms with van der Waals surface area (Å²) in [5.74, 6) is -1.29. The highest BCUT2D eigenvalue weighted by molar-refractivity contribution is 7.16. The molecule has 0 bridgehead atoms. The van der Waals surface area contributed by atoms with Gasteiger partial charge in [-0.15, -0.1) is 11.3 Å². The summed E-state index contributed by atoms with van der Waals surface area (Å²) >= 11 is 6.94. The molecular formula is C15H13ClN2O5S. The SMILES string of the molecule is COC(=O)c1c(NC(=O)c2ccc(Cl)cc2[N+](=O)[O-])sc(C)c1C. The summed E-state index contributed by atoms with van der Waals surface area (Å²) in [5, 5.41) is 14.1. The molecule has 0 saturated heterocycles. The molecule has 1 aromatic heterocycles. The molecule has 0 fully saturated rings. The van der Waals surface area contributed by atoms with Crippen molar-refractivity contribution >= 4 is 45.5 Å². The van der Waals surface area contributed by atoms with Crippen molar-refractivity contribution in [3.63, 3.8) is 0 Å². The minimum Gasteiger partial charge on any atom is -0.465 e. The van der Waals surface area contributed by atoms with Crippen molar-refractivity contribution in [2.24, 2.45) is 0 Å². The van der Waals surface area contributed by atoms with Crippen molar-refractivity contribution in [2.75, 3.05) is 12.4 Å². The van der Waals surface area contributed by atoms with Gasteiger partial charge in [0.25, 0.3) is 11.6 Å². The first-order valence-corrected chi connectivity index (χ1v) is 7.89. The highest BCUT2D eigenvalue weighted by atomic mass is 35.5. The molecule has 126 valence electrons. The Morgan fingerprint density at radius 1 is 1.33 bits per heavy atom. The number of hydrogen-bond acceptors (Lipinski definition) is 6. The number of nitro benzene ring substituents is 1. The van der Waals surface area contributed by atoms with Gasteiger partial charge in [-0.2, -0.15) is 0 Å². The predicted octanol–water partition coefficient (Wildman–Crippen LogP) is 3.97. The topological polar surface area (TPSA) is 98.5 Å². The van der Waals surface area contributed by atoms with Gasteiger partial charge in [-0.05, 0) is 31.5 Å². The molecule has 24 heavy (non-hydrogen) atoms. The number of thiophene rings is 1. The molecule has 1 heterocycles. The lowest BCUT2D eigenvalue weighted by atomic mass is 10.1. The average molecular weight is 369 g/mol. The second-order valence-electron chi connectivity index (χ2n) is 4.85. The first-order chi connectivity index (χ1) is 11.3. The number of nitrogens with zero attached hydrogens (tertiary/aromatic N) is 1. The summed E-state index contributed by atoms with van der Waals surface area (Å²) in [6.45, 7) is 3.53. The van der Waals surface area contributed by atoms with E-state index in [-0.39, 0.29) is 21.2 Å². The van der Waals surface area contributed by atoms with Crippen LogP contribution in [0.2, 0.25) is 5.02 Å². The van der Waals surface area contributed by atoms with E-state index in [1.807, 2.05) is 0 Å². The number of anilines is 1. The van der Waals surface area contributed by atoms with Crippen LogP contribution in [0.25, 0.3) is 0 Å². The van der Waals surface area contributed by atoms with Gasteiger partial charge in [-0.25, -0.2) is 4.79 Å². The normalized spacial score (nSPS) is 10.3. The number of nitrogens with one attached hydrogen (secondary N) is 1. The summed E-state index contributed by atoms with van der Waals surface area (Å²) in [5.41, 5.74) is 0.367. The zero-order valence-electron chi connectivity index (χ0n) is 13.0. The predicted molar refractivity (Wildman–Crippen MR) is 91.2 cm³/mol. The van der Waals surface area contributed by atoms with Gasteiger partial charge >= 0.3 is 5.97 Å². The van der Waals surface area contributed by atoms with Gasteiger partial charge in [0.15, 0.2) is 0 Å². The fourth-order valence-corrected chi connectivity index (χ4v) is 3.29. The molecule has 0 saturated carbocycles. The smallest absolute Gasteiger partial charge is 0.341 e. The molecule has 0 aliphatic rings. The third kappa shape index (κ3) is 3.39. The Morgan fingerprint density at radius 3 is 2.58 bits per heavy atom. The molecule has 7 nitrogen and oxygen atoms in total. The Morgan fingerprint density at radius 2 is 2.00 bits per heavy atom. The monoisotopic (exact) mass is 368 g/mol. The molecule has 2 rings (SSSR count). The molecule has 0 aliphatic carbocycles. The average Bonchev–Trinajstić information content (AvgIpc) is 2.80. The third-order valence-corrected chi connectivity index (χ3v) is 4.76. The van der Waals surface area contributed by atoms with Gasteiger partial charge in [0.2, 0.25) is 0 Å². The number of hydrogen-bond donors (Lipinski definition) is 1. The molecule has 0 unspecified atom stereocenters. The van der Waals surface area contributed by atoms with Crippen molar-refractivity contribution in [1.29, 1.82) is 0 Å². The van der Waals surface area contributed by atoms with E-state index in [9.17, 15) is 19.7 Å². The van der Waals surface area contributed by atoms with Gasteiger partial charge in [-0.1, -0.05) is 11.6 Å². The number of methoxy groups -OCH3 is 1. The summed E-state index contributed by atoms with van der Waals surface area (Å²) in [6, 6.07) is 3.75. The van der Waals surface area contributed by atoms with Gasteiger partial charge in [0.05, 0.1) is 17.6 Å². The first kappa shape index (κ1) is 17.9. The van der Waals surface area contributed by atoms with E-state index >= 15 is 0 Å². The van der Waals surface area contributed by atoms with E-state index in [0.717, 1.165) is 10.9 Å².